The van der Waals surface area contributed by atoms with E-state index in [1.807, 2.05) is 85.7 Å². The van der Waals surface area contributed by atoms with E-state index in [0.29, 0.717) is 0 Å². The minimum Gasteiger partial charge on any atom is -0.378 e. The van der Waals surface area contributed by atoms with Crippen molar-refractivity contribution in [3.8, 4) is 0 Å². The molecule has 0 saturated heterocycles. The Morgan fingerprint density at radius 2 is 1.24 bits per heavy atom. The van der Waals surface area contributed by atoms with Crippen LogP contribution >= 0.6 is 0 Å². The molecule has 0 fully saturated rings. The Morgan fingerprint density at radius 1 is 0.857 bits per heavy atom. The smallest absolute Gasteiger partial charge is 0.159 e. The third-order valence-corrected chi connectivity index (χ3v) is 2.33. The quantitative estimate of drug-likeness (QED) is 0.631. The maximum absolute atomic E-state index is 11.3. The molecule has 1 rings (SSSR count). The number of nitrogens with zero attached hydrogens (tertiary/aromatic N) is 1. The highest BCUT2D eigenvalue weighted by Crippen LogP contribution is 2.22. The second-order valence-corrected chi connectivity index (χ2v) is 4.00. The van der Waals surface area contributed by atoms with E-state index in [9.17, 15) is 4.79 Å². The first-order chi connectivity index (χ1) is 9.91. The van der Waals surface area contributed by atoms with Gasteiger partial charge in [-0.25, -0.2) is 0 Å². The van der Waals surface area contributed by atoms with Gasteiger partial charge < -0.3 is 4.90 Å². The molecule has 0 N–H and O–H groups in total. The van der Waals surface area contributed by atoms with E-state index in [4.69, 9.17) is 0 Å². The summed E-state index contributed by atoms with van der Waals surface area (Å²) in [4.78, 5) is 13.3. The summed E-state index contributed by atoms with van der Waals surface area (Å²) in [6.45, 7) is 19.4. The van der Waals surface area contributed by atoms with Crippen molar-refractivity contribution in [3.63, 3.8) is 0 Å². The van der Waals surface area contributed by atoms with Crippen LogP contribution in [0.3, 0.4) is 0 Å². The third-order valence-electron chi connectivity index (χ3n) is 2.33. The number of hydrogen-bond acceptors (Lipinski definition) is 2. The summed E-state index contributed by atoms with van der Waals surface area (Å²) in [5.41, 5.74) is 3.76. The molecule has 0 aromatic heterocycles. The largest absolute Gasteiger partial charge is 0.378 e. The molecule has 2 nitrogen and oxygen atoms in total. The first-order valence-electron chi connectivity index (χ1n) is 7.91. The Labute approximate surface area is 132 Å². The molecule has 0 unspecified atom stereocenters. The van der Waals surface area contributed by atoms with E-state index in [1.165, 1.54) is 0 Å². The van der Waals surface area contributed by atoms with Crippen LogP contribution in [0.15, 0.2) is 24.8 Å². The second-order valence-electron chi connectivity index (χ2n) is 4.00. The lowest BCUT2D eigenvalue weighted by Crippen LogP contribution is -2.10. The van der Waals surface area contributed by atoms with Crippen LogP contribution in [0.25, 0.3) is 5.57 Å². The van der Waals surface area contributed by atoms with Crippen LogP contribution in [0.2, 0.25) is 0 Å². The van der Waals surface area contributed by atoms with Crippen molar-refractivity contribution < 1.29 is 4.79 Å². The van der Waals surface area contributed by atoms with Crippen LogP contribution in [-0.4, -0.2) is 19.9 Å². The lowest BCUT2D eigenvalue weighted by molar-refractivity contribution is 0.101. The Kier molecular flexibility index (Phi) is 17.3. The maximum atomic E-state index is 11.3. The van der Waals surface area contributed by atoms with Gasteiger partial charge in [0.1, 0.15) is 0 Å². The Balaban J connectivity index is -0.000000478. The molecule has 0 aliphatic rings. The molecule has 0 aliphatic carbocycles. The number of allylic oxidation sites excluding steroid dienone is 1. The van der Waals surface area contributed by atoms with Gasteiger partial charge in [0, 0.05) is 25.3 Å². The highest BCUT2D eigenvalue weighted by atomic mass is 16.1. The van der Waals surface area contributed by atoms with Gasteiger partial charge in [-0.15, -0.1) is 0 Å². The lowest BCUT2D eigenvalue weighted by atomic mass is 10.0. The molecule has 0 heterocycles. The van der Waals surface area contributed by atoms with Crippen molar-refractivity contribution >= 4 is 17.0 Å². The van der Waals surface area contributed by atoms with Gasteiger partial charge in [-0.1, -0.05) is 53.7 Å². The molecule has 0 bridgehead atoms. The summed E-state index contributed by atoms with van der Waals surface area (Å²) in [5, 5.41) is 0. The minimum absolute atomic E-state index is 0.0844. The number of hydrogen-bond donors (Lipinski definition) is 0. The molecule has 21 heavy (non-hydrogen) atoms. The number of carbonyl (C=O) groups excluding carboxylic acids is 1. The highest BCUT2D eigenvalue weighted by Gasteiger charge is 2.06. The normalized spacial score (nSPS) is 7.90. The summed E-state index contributed by atoms with van der Waals surface area (Å²) >= 11 is 0. The molecule has 2 heteroatoms. The Hall–Kier alpha value is -1.57. The van der Waals surface area contributed by atoms with E-state index in [-0.39, 0.29) is 5.78 Å². The van der Waals surface area contributed by atoms with Crippen LogP contribution in [0.5, 0.6) is 0 Å². The molecule has 122 valence electrons. The van der Waals surface area contributed by atoms with Crippen LogP contribution in [0, 0.1) is 0 Å². The third kappa shape index (κ3) is 9.89. The van der Waals surface area contributed by atoms with E-state index in [0.717, 1.165) is 22.4 Å². The van der Waals surface area contributed by atoms with Gasteiger partial charge in [0.05, 0.1) is 0 Å². The molecular weight excluding hydrogens is 258 g/mol. The minimum atomic E-state index is 0.0844. The fourth-order valence-corrected chi connectivity index (χ4v) is 1.32. The van der Waals surface area contributed by atoms with Crippen LogP contribution in [0.4, 0.5) is 5.69 Å². The van der Waals surface area contributed by atoms with E-state index in [2.05, 4.69) is 6.58 Å². The zero-order valence-electron chi connectivity index (χ0n) is 15.8. The van der Waals surface area contributed by atoms with Crippen LogP contribution < -0.4 is 4.90 Å². The first kappa shape index (κ1) is 24.4. The van der Waals surface area contributed by atoms with Crippen molar-refractivity contribution in [2.75, 3.05) is 19.0 Å². The van der Waals surface area contributed by atoms with Crippen molar-refractivity contribution in [1.29, 1.82) is 0 Å². The van der Waals surface area contributed by atoms with Crippen LogP contribution in [-0.2, 0) is 0 Å². The molecule has 1 aromatic carbocycles. The average Bonchev–Trinajstić information content (AvgIpc) is 2.52. The summed E-state index contributed by atoms with van der Waals surface area (Å²) in [7, 11) is 3.92. The van der Waals surface area contributed by atoms with Gasteiger partial charge in [0.2, 0.25) is 0 Å². The molecule has 0 atom stereocenters. The molecule has 0 amide bonds. The first-order valence-corrected chi connectivity index (χ1v) is 7.91. The number of Topliss-reactive ketones (excluding diaryl/α,β-unsaturated/α-hetero) is 1. The Bertz CT molecular complexity index is 374. The average molecular weight is 293 g/mol. The molecule has 0 aliphatic heterocycles. The monoisotopic (exact) mass is 293 g/mol. The van der Waals surface area contributed by atoms with E-state index < -0.39 is 0 Å². The van der Waals surface area contributed by atoms with Crippen molar-refractivity contribution in [2.24, 2.45) is 0 Å². The predicted molar refractivity (Wildman–Crippen MR) is 99.5 cm³/mol. The van der Waals surface area contributed by atoms with Gasteiger partial charge in [-0.05, 0) is 37.6 Å². The SMILES string of the molecule is C=C(C)c1cc(C(C)=O)cc(N(C)C)c1.CC.CC.CC. The number of ketones is 1. The molecule has 0 spiro atoms. The van der Waals surface area contributed by atoms with Gasteiger partial charge in [0.15, 0.2) is 5.78 Å². The predicted octanol–water partition coefficient (Wildman–Crippen LogP) is 6.07. The fourth-order valence-electron chi connectivity index (χ4n) is 1.32. The molecule has 0 radical (unpaired) electrons. The molecule has 1 aromatic rings. The van der Waals surface area contributed by atoms with E-state index >= 15 is 0 Å². The van der Waals surface area contributed by atoms with Gasteiger partial charge in [0.25, 0.3) is 0 Å². The lowest BCUT2D eigenvalue weighted by Gasteiger charge is -2.15. The summed E-state index contributed by atoms with van der Waals surface area (Å²) < 4.78 is 0. The number of anilines is 1. The number of benzene rings is 1. The standard InChI is InChI=1S/C13H17NO.3C2H6/c1-9(2)11-6-12(10(3)15)8-13(7-11)14(4)5;3*1-2/h6-8H,1H2,2-5H3;3*1-2H3. The van der Waals surface area contributed by atoms with Crippen molar-refractivity contribution in [3.05, 3.63) is 35.9 Å². The highest BCUT2D eigenvalue weighted by molar-refractivity contribution is 5.96. The summed E-state index contributed by atoms with van der Waals surface area (Å²) in [6, 6.07) is 5.82. The van der Waals surface area contributed by atoms with Gasteiger partial charge in [-0.3, -0.25) is 4.79 Å². The van der Waals surface area contributed by atoms with Crippen molar-refractivity contribution in [1.82, 2.24) is 0 Å². The maximum Gasteiger partial charge on any atom is 0.159 e. The van der Waals surface area contributed by atoms with Gasteiger partial charge >= 0.3 is 0 Å². The zero-order chi connectivity index (χ0) is 17.6. The number of carbonyl (C=O) groups is 1. The Morgan fingerprint density at radius 3 is 1.52 bits per heavy atom. The topological polar surface area (TPSA) is 20.3 Å². The van der Waals surface area contributed by atoms with Crippen molar-refractivity contribution in [2.45, 2.75) is 55.4 Å². The summed E-state index contributed by atoms with van der Waals surface area (Å²) in [5.74, 6) is 0.0844. The molecular formula is C19H35NO. The fraction of sp³-hybridized carbons (Fsp3) is 0.526. The van der Waals surface area contributed by atoms with E-state index in [1.54, 1.807) is 6.92 Å². The van der Waals surface area contributed by atoms with Crippen LogP contribution in [0.1, 0.15) is 71.3 Å². The van der Waals surface area contributed by atoms with Gasteiger partial charge in [-0.2, -0.15) is 0 Å². The summed E-state index contributed by atoms with van der Waals surface area (Å²) in [6.07, 6.45) is 0. The zero-order valence-corrected chi connectivity index (χ0v) is 15.8. The number of rotatable bonds is 3. The second kappa shape index (κ2) is 14.8. The molecule has 0 saturated carbocycles.